The molecule has 0 saturated heterocycles. The zero-order chi connectivity index (χ0) is 20.1. The second-order valence-electron chi connectivity index (χ2n) is 7.56. The van der Waals surface area contributed by atoms with Crippen molar-refractivity contribution in [3.63, 3.8) is 0 Å². The molecular weight excluding hydrogens is 342 g/mol. The monoisotopic (exact) mass is 377 g/mol. The van der Waals surface area contributed by atoms with Gasteiger partial charge in [-0.25, -0.2) is 0 Å². The van der Waals surface area contributed by atoms with Crippen LogP contribution >= 0.6 is 0 Å². The third-order valence-corrected chi connectivity index (χ3v) is 5.17. The molecule has 0 aromatic heterocycles. The zero-order valence-electron chi connectivity index (χ0n) is 16.8. The molecule has 5 nitrogen and oxygen atoms in total. The van der Waals surface area contributed by atoms with Crippen molar-refractivity contribution in [2.45, 2.75) is 78.2 Å². The first-order chi connectivity index (χ1) is 12.9. The molecule has 0 fully saturated rings. The molecule has 0 heterocycles. The van der Waals surface area contributed by atoms with Crippen molar-refractivity contribution in [3.05, 3.63) is 35.4 Å². The molecule has 1 aromatic rings. The molecular formula is C22H35NO4. The summed E-state index contributed by atoms with van der Waals surface area (Å²) in [7, 11) is 0. The summed E-state index contributed by atoms with van der Waals surface area (Å²) in [6.07, 6.45) is 10.4. The van der Waals surface area contributed by atoms with Crippen LogP contribution in [0.1, 0.15) is 76.3 Å². The van der Waals surface area contributed by atoms with Crippen LogP contribution in [0.3, 0.4) is 0 Å². The Morgan fingerprint density at radius 3 is 1.96 bits per heavy atom. The van der Waals surface area contributed by atoms with E-state index in [2.05, 4.69) is 36.5 Å². The predicted octanol–water partition coefficient (Wildman–Crippen LogP) is 4.63. The lowest BCUT2D eigenvalue weighted by atomic mass is 9.87. The van der Waals surface area contributed by atoms with Gasteiger partial charge in [-0.2, -0.15) is 0 Å². The van der Waals surface area contributed by atoms with Crippen LogP contribution in [0.25, 0.3) is 0 Å². The predicted molar refractivity (Wildman–Crippen MR) is 108 cm³/mol. The van der Waals surface area contributed by atoms with E-state index in [-0.39, 0.29) is 6.42 Å². The number of benzene rings is 1. The summed E-state index contributed by atoms with van der Waals surface area (Å²) in [5.74, 6) is -2.60. The lowest BCUT2D eigenvalue weighted by Gasteiger charge is -2.19. The van der Waals surface area contributed by atoms with E-state index in [9.17, 15) is 9.59 Å². The second-order valence-corrected chi connectivity index (χ2v) is 7.56. The van der Waals surface area contributed by atoms with Gasteiger partial charge in [0, 0.05) is 6.54 Å². The maximum atomic E-state index is 11.1. The van der Waals surface area contributed by atoms with E-state index in [1.807, 2.05) is 0 Å². The number of carboxylic acids is 2. The maximum absolute atomic E-state index is 11.1. The van der Waals surface area contributed by atoms with Gasteiger partial charge in [-0.3, -0.25) is 9.59 Å². The summed E-state index contributed by atoms with van der Waals surface area (Å²) in [6.45, 7) is 4.43. The highest BCUT2D eigenvalue weighted by Crippen LogP contribution is 2.21. The molecule has 0 amide bonds. The highest BCUT2D eigenvalue weighted by Gasteiger charge is 2.40. The van der Waals surface area contributed by atoms with Crippen LogP contribution in [0, 0.1) is 5.41 Å². The third-order valence-electron chi connectivity index (χ3n) is 5.17. The first-order valence-electron chi connectivity index (χ1n) is 10.2. The fourth-order valence-corrected chi connectivity index (χ4v) is 2.99. The van der Waals surface area contributed by atoms with Gasteiger partial charge in [0.25, 0.3) is 0 Å². The Morgan fingerprint density at radius 1 is 0.889 bits per heavy atom. The van der Waals surface area contributed by atoms with Gasteiger partial charge < -0.3 is 15.5 Å². The number of carboxylic acid groups (broad SMARTS) is 2. The van der Waals surface area contributed by atoms with Crippen LogP contribution in [0.15, 0.2) is 24.3 Å². The molecule has 0 saturated carbocycles. The van der Waals surface area contributed by atoms with Gasteiger partial charge >= 0.3 is 11.9 Å². The molecule has 0 unspecified atom stereocenters. The minimum absolute atomic E-state index is 0.0496. The van der Waals surface area contributed by atoms with Crippen LogP contribution < -0.4 is 5.32 Å². The van der Waals surface area contributed by atoms with Crippen molar-refractivity contribution < 1.29 is 19.8 Å². The number of carbonyl (C=O) groups is 2. The topological polar surface area (TPSA) is 86.6 Å². The molecule has 0 aliphatic rings. The minimum Gasteiger partial charge on any atom is -0.480 e. The quantitative estimate of drug-likeness (QED) is 0.306. The van der Waals surface area contributed by atoms with E-state index < -0.39 is 17.4 Å². The summed E-state index contributed by atoms with van der Waals surface area (Å²) in [6, 6.07) is 8.45. The SMILES string of the molecule is CCCCCCCCCc1ccc(CNCCC(C)(C(=O)O)C(=O)O)cc1. The molecule has 0 radical (unpaired) electrons. The van der Waals surface area contributed by atoms with Crippen LogP contribution in [-0.2, 0) is 22.6 Å². The van der Waals surface area contributed by atoms with Gasteiger partial charge in [-0.1, -0.05) is 69.7 Å². The van der Waals surface area contributed by atoms with E-state index >= 15 is 0 Å². The summed E-state index contributed by atoms with van der Waals surface area (Å²) in [5, 5.41) is 21.3. The lowest BCUT2D eigenvalue weighted by Crippen LogP contribution is -2.38. The Balaban J connectivity index is 2.24. The molecule has 1 aromatic carbocycles. The van der Waals surface area contributed by atoms with Crippen molar-refractivity contribution in [2.24, 2.45) is 5.41 Å². The highest BCUT2D eigenvalue weighted by atomic mass is 16.4. The normalized spacial score (nSPS) is 11.5. The van der Waals surface area contributed by atoms with Crippen LogP contribution in [0.5, 0.6) is 0 Å². The molecule has 1 rings (SSSR count). The lowest BCUT2D eigenvalue weighted by molar-refractivity contribution is -0.163. The van der Waals surface area contributed by atoms with Crippen molar-refractivity contribution >= 4 is 11.9 Å². The highest BCUT2D eigenvalue weighted by molar-refractivity contribution is 5.97. The Hall–Kier alpha value is -1.88. The van der Waals surface area contributed by atoms with Crippen molar-refractivity contribution in [1.29, 1.82) is 0 Å². The summed E-state index contributed by atoms with van der Waals surface area (Å²) in [5.41, 5.74) is 0.718. The van der Waals surface area contributed by atoms with E-state index in [0.29, 0.717) is 13.1 Å². The maximum Gasteiger partial charge on any atom is 0.320 e. The summed E-state index contributed by atoms with van der Waals surface area (Å²) in [4.78, 5) is 22.3. The number of hydrogen-bond acceptors (Lipinski definition) is 3. The molecule has 5 heteroatoms. The Labute approximate surface area is 163 Å². The molecule has 0 atom stereocenters. The first kappa shape index (κ1) is 23.2. The molecule has 0 bridgehead atoms. The third kappa shape index (κ3) is 8.57. The van der Waals surface area contributed by atoms with Gasteiger partial charge in [0.2, 0.25) is 0 Å². The average Bonchev–Trinajstić information content (AvgIpc) is 2.65. The number of hydrogen-bond donors (Lipinski definition) is 3. The molecule has 27 heavy (non-hydrogen) atoms. The Bertz CT molecular complexity index is 554. The number of aliphatic carboxylic acids is 2. The number of nitrogens with one attached hydrogen (secondary N) is 1. The molecule has 0 aliphatic heterocycles. The van der Waals surface area contributed by atoms with Gasteiger partial charge in [0.05, 0.1) is 0 Å². The second kappa shape index (κ2) is 12.5. The van der Waals surface area contributed by atoms with Gasteiger partial charge in [-0.05, 0) is 43.9 Å². The van der Waals surface area contributed by atoms with Gasteiger partial charge in [-0.15, -0.1) is 0 Å². The van der Waals surface area contributed by atoms with E-state index in [1.165, 1.54) is 57.4 Å². The van der Waals surface area contributed by atoms with Gasteiger partial charge in [0.1, 0.15) is 0 Å². The summed E-state index contributed by atoms with van der Waals surface area (Å²) < 4.78 is 0. The number of rotatable bonds is 15. The molecule has 152 valence electrons. The van der Waals surface area contributed by atoms with E-state index in [1.54, 1.807) is 0 Å². The molecule has 3 N–H and O–H groups in total. The van der Waals surface area contributed by atoms with E-state index in [4.69, 9.17) is 10.2 Å². The van der Waals surface area contributed by atoms with Crippen LogP contribution in [0.4, 0.5) is 0 Å². The smallest absolute Gasteiger partial charge is 0.320 e. The fraction of sp³-hybridized carbons (Fsp3) is 0.636. The fourth-order valence-electron chi connectivity index (χ4n) is 2.99. The summed E-state index contributed by atoms with van der Waals surface area (Å²) >= 11 is 0. The largest absolute Gasteiger partial charge is 0.480 e. The molecule has 0 spiro atoms. The number of unbranched alkanes of at least 4 members (excludes halogenated alkanes) is 6. The molecule has 0 aliphatic carbocycles. The van der Waals surface area contributed by atoms with E-state index in [0.717, 1.165) is 12.0 Å². The van der Waals surface area contributed by atoms with Crippen molar-refractivity contribution in [3.8, 4) is 0 Å². The Kier molecular flexibility index (Phi) is 10.7. The average molecular weight is 378 g/mol. The Morgan fingerprint density at radius 2 is 1.41 bits per heavy atom. The van der Waals surface area contributed by atoms with Crippen molar-refractivity contribution in [2.75, 3.05) is 6.54 Å². The van der Waals surface area contributed by atoms with Crippen molar-refractivity contribution in [1.82, 2.24) is 5.32 Å². The minimum atomic E-state index is -1.74. The van der Waals surface area contributed by atoms with Crippen LogP contribution in [0.2, 0.25) is 0 Å². The standard InChI is InChI=1S/C22H35NO4/c1-3-4-5-6-7-8-9-10-18-11-13-19(14-12-18)17-23-16-15-22(2,20(24)25)21(26)27/h11-14,23H,3-10,15-17H2,1-2H3,(H,24,25)(H,26,27). The number of aryl methyl sites for hydroxylation is 1. The van der Waals surface area contributed by atoms with Gasteiger partial charge in [0.15, 0.2) is 5.41 Å². The van der Waals surface area contributed by atoms with Crippen LogP contribution in [-0.4, -0.2) is 28.7 Å². The first-order valence-corrected chi connectivity index (χ1v) is 10.2. The zero-order valence-corrected chi connectivity index (χ0v) is 16.8.